The number of benzene rings is 2. The van der Waals surface area contributed by atoms with Crippen molar-refractivity contribution in [3.63, 3.8) is 0 Å². The Morgan fingerprint density at radius 3 is 2.40 bits per heavy atom. The Bertz CT molecular complexity index is 1310. The van der Waals surface area contributed by atoms with Crippen LogP contribution in [0.15, 0.2) is 83.8 Å². The summed E-state index contributed by atoms with van der Waals surface area (Å²) in [6.45, 7) is 0. The second-order valence-electron chi connectivity index (χ2n) is 6.76. The van der Waals surface area contributed by atoms with Crippen LogP contribution in [0.2, 0.25) is 0 Å². The maximum Gasteiger partial charge on any atom is 0.170 e. The first-order valence-corrected chi connectivity index (χ1v) is 9.47. The maximum absolute atomic E-state index is 5.58. The monoisotopic (exact) mass is 397 g/mol. The maximum atomic E-state index is 5.58. The number of hydrogen-bond donors (Lipinski definition) is 0. The molecule has 5 aromatic rings. The molecule has 0 saturated heterocycles. The van der Waals surface area contributed by atoms with Gasteiger partial charge in [-0.05, 0) is 35.9 Å². The lowest BCUT2D eigenvalue weighted by molar-refractivity contribution is 0.356. The Kier molecular flexibility index (Phi) is 4.44. The number of imidazole rings is 1. The summed E-state index contributed by atoms with van der Waals surface area (Å²) in [7, 11) is 3.25. The van der Waals surface area contributed by atoms with Crippen LogP contribution in [0, 0.1) is 0 Å². The smallest absolute Gasteiger partial charge is 0.170 e. The Balaban J connectivity index is 1.59. The molecular weight excluding hydrogens is 378 g/mol. The predicted molar refractivity (Wildman–Crippen MR) is 115 cm³/mol. The molecule has 6 heteroatoms. The highest BCUT2D eigenvalue weighted by Crippen LogP contribution is 2.37. The third-order valence-electron chi connectivity index (χ3n) is 5.08. The molecular formula is C24H19N3O3. The van der Waals surface area contributed by atoms with Gasteiger partial charge >= 0.3 is 0 Å². The number of rotatable bonds is 5. The quantitative estimate of drug-likeness (QED) is 0.401. The number of nitrogens with zero attached hydrogens (tertiary/aromatic N) is 3. The summed E-state index contributed by atoms with van der Waals surface area (Å²) in [6, 6.07) is 19.8. The van der Waals surface area contributed by atoms with Crippen molar-refractivity contribution in [3.05, 3.63) is 79.4 Å². The first-order valence-electron chi connectivity index (χ1n) is 9.47. The molecule has 0 amide bonds. The molecule has 0 aliphatic heterocycles. The molecule has 6 nitrogen and oxygen atoms in total. The van der Waals surface area contributed by atoms with Gasteiger partial charge in [-0.3, -0.25) is 0 Å². The Morgan fingerprint density at radius 1 is 0.833 bits per heavy atom. The van der Waals surface area contributed by atoms with Crippen LogP contribution in [-0.4, -0.2) is 28.8 Å². The van der Waals surface area contributed by atoms with E-state index in [1.165, 1.54) is 0 Å². The van der Waals surface area contributed by atoms with Gasteiger partial charge < -0.3 is 13.9 Å². The van der Waals surface area contributed by atoms with E-state index in [1.807, 2.05) is 47.1 Å². The number of fused-ring (bicyclic) bond motifs is 1. The van der Waals surface area contributed by atoms with Crippen LogP contribution in [0.1, 0.15) is 0 Å². The van der Waals surface area contributed by atoms with Crippen LogP contribution >= 0.6 is 0 Å². The minimum Gasteiger partial charge on any atom is -0.493 e. The minimum absolute atomic E-state index is 0.651. The zero-order chi connectivity index (χ0) is 20.5. The van der Waals surface area contributed by atoms with E-state index in [9.17, 15) is 0 Å². The second kappa shape index (κ2) is 7.40. The SMILES string of the molecule is COc1cccc(-c2ccc3ncc(-c4ccc(-c5ccoc5)cc4)n3n2)c1OC. The molecule has 0 aliphatic rings. The first-order chi connectivity index (χ1) is 14.8. The highest BCUT2D eigenvalue weighted by Gasteiger charge is 2.15. The van der Waals surface area contributed by atoms with E-state index in [0.29, 0.717) is 11.5 Å². The van der Waals surface area contributed by atoms with Crippen molar-refractivity contribution in [2.75, 3.05) is 14.2 Å². The first kappa shape index (κ1) is 18.0. The average Bonchev–Trinajstić information content (AvgIpc) is 3.48. The average molecular weight is 397 g/mol. The molecule has 3 heterocycles. The minimum atomic E-state index is 0.651. The molecule has 0 aliphatic carbocycles. The van der Waals surface area contributed by atoms with Crippen molar-refractivity contribution in [2.24, 2.45) is 0 Å². The van der Waals surface area contributed by atoms with Crippen LogP contribution in [0.3, 0.4) is 0 Å². The lowest BCUT2D eigenvalue weighted by Crippen LogP contribution is -1.99. The Morgan fingerprint density at radius 2 is 1.67 bits per heavy atom. The zero-order valence-electron chi connectivity index (χ0n) is 16.6. The molecule has 0 fully saturated rings. The molecule has 0 saturated carbocycles. The molecule has 30 heavy (non-hydrogen) atoms. The number of methoxy groups -OCH3 is 2. The van der Waals surface area contributed by atoms with Gasteiger partial charge in [-0.2, -0.15) is 5.10 Å². The lowest BCUT2D eigenvalue weighted by Gasteiger charge is -2.12. The van der Waals surface area contributed by atoms with Crippen molar-refractivity contribution < 1.29 is 13.9 Å². The van der Waals surface area contributed by atoms with Gasteiger partial charge in [0.2, 0.25) is 0 Å². The molecule has 3 aromatic heterocycles. The van der Waals surface area contributed by atoms with Crippen LogP contribution in [0.5, 0.6) is 11.5 Å². The topological polar surface area (TPSA) is 61.8 Å². The van der Waals surface area contributed by atoms with Gasteiger partial charge in [-0.15, -0.1) is 0 Å². The van der Waals surface area contributed by atoms with E-state index in [-0.39, 0.29) is 0 Å². The van der Waals surface area contributed by atoms with E-state index in [4.69, 9.17) is 19.0 Å². The summed E-state index contributed by atoms with van der Waals surface area (Å²) in [6.07, 6.45) is 5.24. The normalized spacial score (nSPS) is 11.0. The molecule has 5 rings (SSSR count). The number of aromatic nitrogens is 3. The molecule has 2 aromatic carbocycles. The highest BCUT2D eigenvalue weighted by atomic mass is 16.5. The third-order valence-corrected chi connectivity index (χ3v) is 5.08. The van der Waals surface area contributed by atoms with Gasteiger partial charge in [0.1, 0.15) is 0 Å². The van der Waals surface area contributed by atoms with Gasteiger partial charge in [-0.1, -0.05) is 30.3 Å². The molecule has 0 N–H and O–H groups in total. The summed E-state index contributed by atoms with van der Waals surface area (Å²) in [4.78, 5) is 4.51. The number of furan rings is 1. The fourth-order valence-corrected chi connectivity index (χ4v) is 3.56. The molecule has 0 bridgehead atoms. The largest absolute Gasteiger partial charge is 0.493 e. The van der Waals surface area contributed by atoms with Crippen LogP contribution in [0.25, 0.3) is 39.3 Å². The van der Waals surface area contributed by atoms with Crippen molar-refractivity contribution in [1.29, 1.82) is 0 Å². The van der Waals surface area contributed by atoms with Crippen molar-refractivity contribution in [2.45, 2.75) is 0 Å². The molecule has 0 spiro atoms. The summed E-state index contributed by atoms with van der Waals surface area (Å²) in [5.41, 5.74) is 6.47. The summed E-state index contributed by atoms with van der Waals surface area (Å²) in [5.74, 6) is 1.32. The fraction of sp³-hybridized carbons (Fsp3) is 0.0833. The lowest BCUT2D eigenvalue weighted by atomic mass is 10.1. The standard InChI is InChI=1S/C24H19N3O3/c1-28-22-5-3-4-19(24(22)29-2)20-10-11-23-25-14-21(27(23)26-20)17-8-6-16(7-9-17)18-12-13-30-15-18/h3-15H,1-2H3. The van der Waals surface area contributed by atoms with Crippen molar-refractivity contribution >= 4 is 5.65 Å². The molecule has 148 valence electrons. The van der Waals surface area contributed by atoms with E-state index in [2.05, 4.69) is 29.2 Å². The summed E-state index contributed by atoms with van der Waals surface area (Å²) in [5, 5.41) is 4.84. The summed E-state index contributed by atoms with van der Waals surface area (Å²) >= 11 is 0. The van der Waals surface area contributed by atoms with Crippen molar-refractivity contribution in [3.8, 4) is 45.1 Å². The summed E-state index contributed by atoms with van der Waals surface area (Å²) < 4.78 is 18.0. The van der Waals surface area contributed by atoms with E-state index in [1.54, 1.807) is 26.7 Å². The van der Waals surface area contributed by atoms with E-state index < -0.39 is 0 Å². The van der Waals surface area contributed by atoms with Crippen LogP contribution < -0.4 is 9.47 Å². The number of para-hydroxylation sites is 1. The Labute approximate surface area is 173 Å². The molecule has 0 radical (unpaired) electrons. The third kappa shape index (κ3) is 2.99. The second-order valence-corrected chi connectivity index (χ2v) is 6.76. The molecule has 0 unspecified atom stereocenters. The Hall–Kier alpha value is -4.06. The zero-order valence-corrected chi connectivity index (χ0v) is 16.6. The fourth-order valence-electron chi connectivity index (χ4n) is 3.56. The van der Waals surface area contributed by atoms with E-state index in [0.717, 1.165) is 39.3 Å². The number of ether oxygens (including phenoxy) is 2. The highest BCUT2D eigenvalue weighted by molar-refractivity contribution is 5.73. The van der Waals surface area contributed by atoms with Gasteiger partial charge in [0.15, 0.2) is 17.1 Å². The van der Waals surface area contributed by atoms with E-state index >= 15 is 0 Å². The number of hydrogen-bond acceptors (Lipinski definition) is 5. The van der Waals surface area contributed by atoms with Gasteiger partial charge in [0.25, 0.3) is 0 Å². The van der Waals surface area contributed by atoms with Gasteiger partial charge in [0.05, 0.1) is 44.3 Å². The van der Waals surface area contributed by atoms with Crippen LogP contribution in [0.4, 0.5) is 0 Å². The molecule has 0 atom stereocenters. The van der Waals surface area contributed by atoms with Gasteiger partial charge in [-0.25, -0.2) is 9.50 Å². The van der Waals surface area contributed by atoms with Gasteiger partial charge in [0, 0.05) is 16.7 Å². The van der Waals surface area contributed by atoms with Crippen molar-refractivity contribution in [1.82, 2.24) is 14.6 Å². The predicted octanol–water partition coefficient (Wildman–Crippen LogP) is 5.34. The van der Waals surface area contributed by atoms with Crippen LogP contribution in [-0.2, 0) is 0 Å².